The highest BCUT2D eigenvalue weighted by Crippen LogP contribution is 2.24. The zero-order valence-corrected chi connectivity index (χ0v) is 9.26. The molecule has 0 atom stereocenters. The maximum Gasteiger partial charge on any atom is 0.354 e. The normalized spacial score (nSPS) is 10.8. The van der Waals surface area contributed by atoms with Gasteiger partial charge in [0, 0.05) is 0 Å². The van der Waals surface area contributed by atoms with Gasteiger partial charge in [0.15, 0.2) is 5.69 Å². The smallest absolute Gasteiger partial charge is 0.354 e. The van der Waals surface area contributed by atoms with Gasteiger partial charge in [0.05, 0.1) is 10.6 Å². The molecule has 0 spiro atoms. The molecule has 7 heteroatoms. The molecule has 17 heavy (non-hydrogen) atoms. The van der Waals surface area contributed by atoms with Crippen molar-refractivity contribution in [2.45, 2.75) is 0 Å². The van der Waals surface area contributed by atoms with Gasteiger partial charge in [-0.05, 0) is 17.5 Å². The second kappa shape index (κ2) is 3.63. The maximum absolute atomic E-state index is 11.0. The molecule has 84 valence electrons. The molecule has 0 aliphatic heterocycles. The standard InChI is InChI=1S/C10H6N4O2S/c15-9(16)6-4-7(8-2-1-3-17-8)14-10(13-6)11-5-12-14/h1-5H,(H,15,16). The van der Waals surface area contributed by atoms with Gasteiger partial charge >= 0.3 is 5.97 Å². The minimum atomic E-state index is -1.08. The van der Waals surface area contributed by atoms with E-state index in [0.717, 1.165) is 4.88 Å². The van der Waals surface area contributed by atoms with Gasteiger partial charge in [-0.15, -0.1) is 11.3 Å². The molecular formula is C10H6N4O2S. The van der Waals surface area contributed by atoms with Gasteiger partial charge in [0.2, 0.25) is 0 Å². The van der Waals surface area contributed by atoms with Gasteiger partial charge in [-0.2, -0.15) is 14.6 Å². The van der Waals surface area contributed by atoms with Gasteiger partial charge in [-0.1, -0.05) is 6.07 Å². The summed E-state index contributed by atoms with van der Waals surface area (Å²) in [5.74, 6) is -0.790. The number of aromatic nitrogens is 4. The van der Waals surface area contributed by atoms with Gasteiger partial charge in [-0.25, -0.2) is 9.78 Å². The number of carboxylic acid groups (broad SMARTS) is 1. The molecule has 0 bridgehead atoms. The molecule has 3 aromatic rings. The summed E-state index contributed by atoms with van der Waals surface area (Å²) < 4.78 is 1.53. The molecule has 3 heterocycles. The molecule has 1 N–H and O–H groups in total. The SMILES string of the molecule is O=C(O)c1cc(-c2cccs2)n2ncnc2n1. The number of carboxylic acids is 1. The van der Waals surface area contributed by atoms with E-state index >= 15 is 0 Å². The fraction of sp³-hybridized carbons (Fsp3) is 0. The molecule has 0 saturated heterocycles. The Bertz CT molecular complexity index is 689. The summed E-state index contributed by atoms with van der Waals surface area (Å²) in [6.45, 7) is 0. The predicted octanol–water partition coefficient (Wildman–Crippen LogP) is 1.55. The van der Waals surface area contributed by atoms with E-state index in [-0.39, 0.29) is 11.5 Å². The minimum absolute atomic E-state index is 0.0334. The Labute approximate surface area is 99.2 Å². The van der Waals surface area contributed by atoms with Crippen LogP contribution in [-0.4, -0.2) is 30.7 Å². The van der Waals surface area contributed by atoms with Crippen molar-refractivity contribution in [3.05, 3.63) is 35.6 Å². The van der Waals surface area contributed by atoms with Crippen molar-refractivity contribution in [3.63, 3.8) is 0 Å². The van der Waals surface area contributed by atoms with Crippen molar-refractivity contribution in [1.82, 2.24) is 19.6 Å². The Balaban J connectivity index is 2.35. The van der Waals surface area contributed by atoms with Crippen LogP contribution >= 0.6 is 11.3 Å². The highest BCUT2D eigenvalue weighted by Gasteiger charge is 2.13. The van der Waals surface area contributed by atoms with Crippen LogP contribution < -0.4 is 0 Å². The van der Waals surface area contributed by atoms with Crippen molar-refractivity contribution in [3.8, 4) is 10.6 Å². The van der Waals surface area contributed by atoms with Crippen molar-refractivity contribution in [2.75, 3.05) is 0 Å². The fourth-order valence-corrected chi connectivity index (χ4v) is 2.25. The maximum atomic E-state index is 11.0. The molecule has 0 amide bonds. The van der Waals surface area contributed by atoms with Crippen LogP contribution in [0, 0.1) is 0 Å². The summed E-state index contributed by atoms with van der Waals surface area (Å²) in [7, 11) is 0. The highest BCUT2D eigenvalue weighted by atomic mass is 32.1. The molecule has 0 unspecified atom stereocenters. The number of nitrogens with zero attached hydrogens (tertiary/aromatic N) is 4. The van der Waals surface area contributed by atoms with E-state index in [9.17, 15) is 4.79 Å². The van der Waals surface area contributed by atoms with Crippen LogP contribution in [-0.2, 0) is 0 Å². The lowest BCUT2D eigenvalue weighted by atomic mass is 10.3. The molecule has 0 saturated carbocycles. The Morgan fingerprint density at radius 2 is 2.35 bits per heavy atom. The summed E-state index contributed by atoms with van der Waals surface area (Å²) in [6.07, 6.45) is 1.35. The van der Waals surface area contributed by atoms with Crippen LogP contribution in [0.4, 0.5) is 0 Å². The molecule has 0 radical (unpaired) electrons. The lowest BCUT2D eigenvalue weighted by Crippen LogP contribution is -2.05. The van der Waals surface area contributed by atoms with E-state index < -0.39 is 5.97 Å². The molecule has 6 nitrogen and oxygen atoms in total. The number of thiophene rings is 1. The topological polar surface area (TPSA) is 80.4 Å². The minimum Gasteiger partial charge on any atom is -0.477 e. The lowest BCUT2D eigenvalue weighted by Gasteiger charge is -2.02. The first-order valence-electron chi connectivity index (χ1n) is 4.73. The van der Waals surface area contributed by atoms with Crippen molar-refractivity contribution in [1.29, 1.82) is 0 Å². The van der Waals surface area contributed by atoms with Crippen LogP contribution in [0.1, 0.15) is 10.5 Å². The van der Waals surface area contributed by atoms with Crippen LogP contribution in [0.15, 0.2) is 29.9 Å². The Morgan fingerprint density at radius 3 is 3.06 bits per heavy atom. The average Bonchev–Trinajstić information content (AvgIpc) is 2.98. The Morgan fingerprint density at radius 1 is 1.47 bits per heavy atom. The molecule has 3 rings (SSSR count). The van der Waals surface area contributed by atoms with E-state index in [2.05, 4.69) is 15.1 Å². The van der Waals surface area contributed by atoms with Crippen LogP contribution in [0.3, 0.4) is 0 Å². The first kappa shape index (κ1) is 9.91. The Kier molecular flexibility index (Phi) is 2.12. The third kappa shape index (κ3) is 1.56. The van der Waals surface area contributed by atoms with Crippen LogP contribution in [0.5, 0.6) is 0 Å². The largest absolute Gasteiger partial charge is 0.477 e. The summed E-state index contributed by atoms with van der Waals surface area (Å²) in [5, 5.41) is 14.9. The quantitative estimate of drug-likeness (QED) is 0.742. The molecule has 0 aliphatic rings. The fourth-order valence-electron chi connectivity index (χ4n) is 1.52. The monoisotopic (exact) mass is 246 g/mol. The van der Waals surface area contributed by atoms with Gasteiger partial charge in [0.1, 0.15) is 6.33 Å². The number of hydrogen-bond donors (Lipinski definition) is 1. The van der Waals surface area contributed by atoms with Crippen LogP contribution in [0.25, 0.3) is 16.3 Å². The van der Waals surface area contributed by atoms with E-state index in [1.165, 1.54) is 28.2 Å². The predicted molar refractivity (Wildman–Crippen MR) is 61.1 cm³/mol. The lowest BCUT2D eigenvalue weighted by molar-refractivity contribution is 0.0690. The van der Waals surface area contributed by atoms with Gasteiger partial charge < -0.3 is 5.11 Å². The second-order valence-electron chi connectivity index (χ2n) is 3.28. The number of fused-ring (bicyclic) bond motifs is 1. The number of rotatable bonds is 2. The molecule has 0 aromatic carbocycles. The van der Waals surface area contributed by atoms with Gasteiger partial charge in [0.25, 0.3) is 5.78 Å². The highest BCUT2D eigenvalue weighted by molar-refractivity contribution is 7.13. The Hall–Kier alpha value is -2.28. The van der Waals surface area contributed by atoms with E-state index in [0.29, 0.717) is 5.69 Å². The molecule has 0 fully saturated rings. The third-order valence-electron chi connectivity index (χ3n) is 2.24. The first-order valence-corrected chi connectivity index (χ1v) is 5.61. The van der Waals surface area contributed by atoms with E-state index in [4.69, 9.17) is 5.11 Å². The summed E-state index contributed by atoms with van der Waals surface area (Å²) in [4.78, 5) is 19.7. The number of hydrogen-bond acceptors (Lipinski definition) is 5. The van der Waals surface area contributed by atoms with Crippen molar-refractivity contribution >= 4 is 23.1 Å². The summed E-state index contributed by atoms with van der Waals surface area (Å²) >= 11 is 1.51. The average molecular weight is 246 g/mol. The zero-order valence-electron chi connectivity index (χ0n) is 8.44. The summed E-state index contributed by atoms with van der Waals surface area (Å²) in [6, 6.07) is 5.28. The molecule has 3 aromatic heterocycles. The van der Waals surface area contributed by atoms with Crippen molar-refractivity contribution < 1.29 is 9.90 Å². The first-order chi connectivity index (χ1) is 8.25. The van der Waals surface area contributed by atoms with E-state index in [1.807, 2.05) is 17.5 Å². The summed E-state index contributed by atoms with van der Waals surface area (Å²) in [5.41, 5.74) is 0.647. The molecule has 0 aliphatic carbocycles. The van der Waals surface area contributed by atoms with Crippen molar-refractivity contribution in [2.24, 2.45) is 0 Å². The van der Waals surface area contributed by atoms with E-state index in [1.54, 1.807) is 0 Å². The van der Waals surface area contributed by atoms with Gasteiger partial charge in [-0.3, -0.25) is 0 Å². The number of carbonyl (C=O) groups is 1. The zero-order chi connectivity index (χ0) is 11.8. The molecular weight excluding hydrogens is 240 g/mol. The second-order valence-corrected chi connectivity index (χ2v) is 4.23. The third-order valence-corrected chi connectivity index (χ3v) is 3.14. The van der Waals surface area contributed by atoms with Crippen LogP contribution in [0.2, 0.25) is 0 Å². The number of aromatic carboxylic acids is 1.